The number of pyridine rings is 1. The zero-order valence-corrected chi connectivity index (χ0v) is 18.7. The molecule has 0 saturated heterocycles. The van der Waals surface area contributed by atoms with E-state index in [-0.39, 0.29) is 17.4 Å². The molecular formula is C23H24ClFN4O3. The van der Waals surface area contributed by atoms with E-state index >= 15 is 0 Å². The van der Waals surface area contributed by atoms with Crippen molar-refractivity contribution >= 4 is 28.9 Å². The van der Waals surface area contributed by atoms with Crippen molar-refractivity contribution in [3.8, 4) is 17.0 Å². The van der Waals surface area contributed by atoms with Crippen LogP contribution in [0.1, 0.15) is 42.2 Å². The van der Waals surface area contributed by atoms with Crippen LogP contribution in [0, 0.1) is 5.82 Å². The molecule has 32 heavy (non-hydrogen) atoms. The summed E-state index contributed by atoms with van der Waals surface area (Å²) in [6, 6.07) is 6.73. The van der Waals surface area contributed by atoms with E-state index in [1.54, 1.807) is 32.0 Å². The van der Waals surface area contributed by atoms with Crippen LogP contribution >= 0.6 is 11.6 Å². The smallest absolute Gasteiger partial charge is 0.255 e. The van der Waals surface area contributed by atoms with E-state index in [1.807, 2.05) is 0 Å². The number of carbonyl (C=O) groups is 1. The summed E-state index contributed by atoms with van der Waals surface area (Å²) in [5.74, 6) is -0.628. The van der Waals surface area contributed by atoms with Crippen LogP contribution in [0.25, 0.3) is 11.3 Å². The molecule has 1 amide bonds. The molecule has 0 saturated carbocycles. The van der Waals surface area contributed by atoms with Gasteiger partial charge in [0.2, 0.25) is 0 Å². The van der Waals surface area contributed by atoms with Gasteiger partial charge in [0.25, 0.3) is 5.91 Å². The summed E-state index contributed by atoms with van der Waals surface area (Å²) in [7, 11) is 1.49. The van der Waals surface area contributed by atoms with Gasteiger partial charge >= 0.3 is 0 Å². The molecule has 1 atom stereocenters. The lowest BCUT2D eigenvalue weighted by Gasteiger charge is -2.28. The van der Waals surface area contributed by atoms with Crippen LogP contribution in [-0.2, 0) is 0 Å². The number of para-hydroxylation sites is 1. The topological polar surface area (TPSA) is 99.3 Å². The molecule has 3 aromatic rings. The number of ether oxygens (including phenoxy) is 1. The van der Waals surface area contributed by atoms with E-state index in [0.29, 0.717) is 52.1 Å². The molecule has 0 aliphatic carbocycles. The van der Waals surface area contributed by atoms with E-state index in [0.717, 1.165) is 6.20 Å². The van der Waals surface area contributed by atoms with Gasteiger partial charge in [-0.1, -0.05) is 17.7 Å². The monoisotopic (exact) mass is 458 g/mol. The van der Waals surface area contributed by atoms with Gasteiger partial charge in [0.05, 0.1) is 46.6 Å². The number of rotatable bonds is 6. The second-order valence-corrected chi connectivity index (χ2v) is 8.80. The fraction of sp³-hybridized carbons (Fsp3) is 0.304. The maximum absolute atomic E-state index is 14.7. The van der Waals surface area contributed by atoms with E-state index < -0.39 is 11.4 Å². The van der Waals surface area contributed by atoms with Crippen molar-refractivity contribution < 1.29 is 19.0 Å². The number of benzene rings is 1. The van der Waals surface area contributed by atoms with Gasteiger partial charge in [0.1, 0.15) is 0 Å². The van der Waals surface area contributed by atoms with Crippen LogP contribution in [-0.4, -0.2) is 40.2 Å². The Balaban J connectivity index is 1.93. The number of aromatic nitrogens is 2. The predicted molar refractivity (Wildman–Crippen MR) is 121 cm³/mol. The Hall–Kier alpha value is -3.10. The second kappa shape index (κ2) is 8.44. The lowest BCUT2D eigenvalue weighted by atomic mass is 9.87. The SMILES string of the molecule is COc1c(Cl)cccc1Nc1c(-c2ccncc2F)[nH]c2c1C(=O)NCC2CC(C)(C)O. The number of fused-ring (bicyclic) bond motifs is 1. The molecule has 0 fully saturated rings. The molecule has 4 N–H and O–H groups in total. The Kier molecular flexibility index (Phi) is 5.83. The molecule has 3 heterocycles. The molecule has 168 valence electrons. The van der Waals surface area contributed by atoms with E-state index in [1.165, 1.54) is 19.4 Å². The summed E-state index contributed by atoms with van der Waals surface area (Å²) >= 11 is 6.27. The second-order valence-electron chi connectivity index (χ2n) is 8.39. The highest BCUT2D eigenvalue weighted by atomic mass is 35.5. The minimum Gasteiger partial charge on any atom is -0.493 e. The number of aromatic amines is 1. The van der Waals surface area contributed by atoms with Gasteiger partial charge in [0.15, 0.2) is 11.6 Å². The number of carbonyl (C=O) groups excluding carboxylic acids is 1. The van der Waals surface area contributed by atoms with E-state index in [4.69, 9.17) is 16.3 Å². The van der Waals surface area contributed by atoms with Crippen LogP contribution < -0.4 is 15.4 Å². The Labute approximate surface area is 190 Å². The van der Waals surface area contributed by atoms with Gasteiger partial charge in [-0.15, -0.1) is 0 Å². The van der Waals surface area contributed by atoms with Crippen LogP contribution in [0.5, 0.6) is 5.75 Å². The molecular weight excluding hydrogens is 435 g/mol. The number of nitrogens with one attached hydrogen (secondary N) is 3. The maximum Gasteiger partial charge on any atom is 0.255 e. The number of hydrogen-bond donors (Lipinski definition) is 4. The molecule has 1 aromatic carbocycles. The molecule has 9 heteroatoms. The summed E-state index contributed by atoms with van der Waals surface area (Å²) < 4.78 is 20.2. The van der Waals surface area contributed by atoms with Crippen LogP contribution in [0.4, 0.5) is 15.8 Å². The normalized spacial score (nSPS) is 15.8. The number of halogens is 2. The van der Waals surface area contributed by atoms with Gasteiger partial charge < -0.3 is 25.5 Å². The first-order valence-electron chi connectivity index (χ1n) is 10.2. The third-order valence-corrected chi connectivity index (χ3v) is 5.69. The van der Waals surface area contributed by atoms with Crippen molar-refractivity contribution in [1.82, 2.24) is 15.3 Å². The zero-order chi connectivity index (χ0) is 23.0. The number of H-pyrrole nitrogens is 1. The molecule has 0 radical (unpaired) electrons. The van der Waals surface area contributed by atoms with Crippen molar-refractivity contribution in [3.05, 3.63) is 58.8 Å². The summed E-state index contributed by atoms with van der Waals surface area (Å²) in [4.78, 5) is 20.0. The third kappa shape index (κ3) is 4.16. The first-order valence-corrected chi connectivity index (χ1v) is 10.5. The number of hydrogen-bond acceptors (Lipinski definition) is 5. The molecule has 2 aromatic heterocycles. The Morgan fingerprint density at radius 2 is 2.16 bits per heavy atom. The number of methoxy groups -OCH3 is 1. The average Bonchev–Trinajstić information content (AvgIpc) is 3.10. The highest BCUT2D eigenvalue weighted by molar-refractivity contribution is 6.32. The molecule has 7 nitrogen and oxygen atoms in total. The van der Waals surface area contributed by atoms with E-state index in [9.17, 15) is 14.3 Å². The highest BCUT2D eigenvalue weighted by Crippen LogP contribution is 2.44. The number of nitrogens with zero attached hydrogens (tertiary/aromatic N) is 1. The van der Waals surface area contributed by atoms with Gasteiger partial charge in [0, 0.05) is 29.9 Å². The van der Waals surface area contributed by atoms with Crippen molar-refractivity contribution in [2.75, 3.05) is 19.0 Å². The first-order chi connectivity index (χ1) is 15.2. The standard InChI is InChI=1S/C23H24ClFN4O3/c1-23(2,31)9-12-10-27-22(30)17-18(12)29-19(13-7-8-26-11-15(13)25)20(17)28-16-6-4-5-14(24)21(16)32-3/h4-8,11-12,28-29,31H,9-10H2,1-3H3,(H,27,30). The number of aliphatic hydroxyl groups is 1. The Morgan fingerprint density at radius 3 is 2.84 bits per heavy atom. The van der Waals surface area contributed by atoms with Crippen molar-refractivity contribution in [1.29, 1.82) is 0 Å². The molecule has 1 unspecified atom stereocenters. The van der Waals surface area contributed by atoms with E-state index in [2.05, 4.69) is 20.6 Å². The first kappa shape index (κ1) is 22.1. The van der Waals surface area contributed by atoms with Gasteiger partial charge in [-0.3, -0.25) is 9.78 Å². The van der Waals surface area contributed by atoms with Crippen LogP contribution in [0.2, 0.25) is 5.02 Å². The number of anilines is 2. The molecule has 4 rings (SSSR count). The predicted octanol–water partition coefficient (Wildman–Crippen LogP) is 4.61. The Morgan fingerprint density at radius 1 is 1.38 bits per heavy atom. The minimum absolute atomic E-state index is 0.192. The largest absolute Gasteiger partial charge is 0.493 e. The quantitative estimate of drug-likeness (QED) is 0.432. The minimum atomic E-state index is -0.957. The molecule has 1 aliphatic rings. The lowest BCUT2D eigenvalue weighted by Crippen LogP contribution is -2.38. The highest BCUT2D eigenvalue weighted by Gasteiger charge is 2.35. The summed E-state index contributed by atoms with van der Waals surface area (Å²) in [6.07, 6.45) is 3.00. The zero-order valence-electron chi connectivity index (χ0n) is 17.9. The average molecular weight is 459 g/mol. The summed E-state index contributed by atoms with van der Waals surface area (Å²) in [5.41, 5.74) is 1.60. The van der Waals surface area contributed by atoms with Crippen molar-refractivity contribution in [2.45, 2.75) is 31.8 Å². The molecule has 0 bridgehead atoms. The number of amides is 1. The lowest BCUT2D eigenvalue weighted by molar-refractivity contribution is 0.0601. The maximum atomic E-state index is 14.7. The molecule has 0 spiro atoms. The van der Waals surface area contributed by atoms with Gasteiger partial charge in [-0.05, 0) is 38.5 Å². The van der Waals surface area contributed by atoms with Crippen molar-refractivity contribution in [3.63, 3.8) is 0 Å². The third-order valence-electron chi connectivity index (χ3n) is 5.39. The Bertz CT molecular complexity index is 1170. The van der Waals surface area contributed by atoms with Gasteiger partial charge in [-0.2, -0.15) is 0 Å². The molecule has 1 aliphatic heterocycles. The van der Waals surface area contributed by atoms with Crippen molar-refractivity contribution in [2.24, 2.45) is 0 Å². The van der Waals surface area contributed by atoms with Gasteiger partial charge in [-0.25, -0.2) is 4.39 Å². The van der Waals surface area contributed by atoms with Crippen LogP contribution in [0.3, 0.4) is 0 Å². The summed E-state index contributed by atoms with van der Waals surface area (Å²) in [6.45, 7) is 3.78. The fourth-order valence-electron chi connectivity index (χ4n) is 4.10. The fourth-order valence-corrected chi connectivity index (χ4v) is 4.35. The summed E-state index contributed by atoms with van der Waals surface area (Å²) in [5, 5.41) is 16.9. The van der Waals surface area contributed by atoms with Crippen LogP contribution in [0.15, 0.2) is 36.7 Å².